The van der Waals surface area contributed by atoms with Crippen molar-refractivity contribution in [2.45, 2.75) is 0 Å². The van der Waals surface area contributed by atoms with E-state index >= 15 is 0 Å². The molecule has 0 aliphatic heterocycles. The van der Waals surface area contributed by atoms with Gasteiger partial charge in [-0.05, 0) is 0 Å². The Morgan fingerprint density at radius 1 is 0.680 bits per heavy atom. The van der Waals surface area contributed by atoms with E-state index in [4.69, 9.17) is 0 Å². The van der Waals surface area contributed by atoms with Gasteiger partial charge in [-0.3, -0.25) is 0 Å². The summed E-state index contributed by atoms with van der Waals surface area (Å²) in [4.78, 5) is 0. The van der Waals surface area contributed by atoms with Gasteiger partial charge in [0, 0.05) is 0 Å². The van der Waals surface area contributed by atoms with E-state index in [1.807, 2.05) is 0 Å². The van der Waals surface area contributed by atoms with Gasteiger partial charge >= 0.3 is 151 Å². The zero-order valence-corrected chi connectivity index (χ0v) is 15.5. The molecule has 0 atom stereocenters. The number of aryl methyl sites for hydroxylation is 1. The van der Waals surface area contributed by atoms with Gasteiger partial charge in [0.25, 0.3) is 0 Å². The molecule has 0 aliphatic rings. The number of rotatable bonds is 0. The Balaban J connectivity index is 1.93. The Morgan fingerprint density at radius 3 is 2.32 bits per heavy atom. The van der Waals surface area contributed by atoms with Crippen LogP contribution in [-0.2, 0) is 7.05 Å². The predicted molar refractivity (Wildman–Crippen MR) is 110 cm³/mol. The van der Waals surface area contributed by atoms with E-state index < -0.39 is 0 Å². The molecule has 1 nitrogen and oxygen atoms in total. The molecule has 0 bridgehead atoms. The second kappa shape index (κ2) is 4.76. The molecule has 2 heterocycles. The predicted octanol–water partition coefficient (Wildman–Crippen LogP) is 5.85. The fourth-order valence-electron chi connectivity index (χ4n) is 4.22. The molecule has 25 heavy (non-hydrogen) atoms. The average molecular weight is 384 g/mol. The van der Waals surface area contributed by atoms with Crippen LogP contribution in [0, 0.1) is 0 Å². The van der Waals surface area contributed by atoms with E-state index in [1.165, 1.54) is 51.9 Å². The fraction of sp³-hybridized carbons (Fsp3) is 0.0435. The molecule has 0 unspecified atom stereocenters. The molecular formula is C23H15NSe. The van der Waals surface area contributed by atoms with Crippen LogP contribution in [0.3, 0.4) is 0 Å². The first-order chi connectivity index (χ1) is 12.3. The summed E-state index contributed by atoms with van der Waals surface area (Å²) in [6.07, 6.45) is 0. The first-order valence-electron chi connectivity index (χ1n) is 8.52. The molecule has 2 heteroatoms. The van der Waals surface area contributed by atoms with Gasteiger partial charge in [0.15, 0.2) is 0 Å². The Kier molecular flexibility index (Phi) is 2.61. The summed E-state index contributed by atoms with van der Waals surface area (Å²) in [6, 6.07) is 26.9. The minimum atomic E-state index is 0.388. The minimum absolute atomic E-state index is 0.388. The summed E-state index contributed by atoms with van der Waals surface area (Å²) in [5.74, 6) is 0. The van der Waals surface area contributed by atoms with Crippen molar-refractivity contribution >= 4 is 66.4 Å². The summed E-state index contributed by atoms with van der Waals surface area (Å²) >= 11 is 0.388. The summed E-state index contributed by atoms with van der Waals surface area (Å²) in [5.41, 5.74) is 2.70. The number of fused-ring (bicyclic) bond motifs is 8. The first-order valence-corrected chi connectivity index (χ1v) is 10.2. The van der Waals surface area contributed by atoms with E-state index in [-0.39, 0.29) is 0 Å². The van der Waals surface area contributed by atoms with Crippen LogP contribution in [0.5, 0.6) is 0 Å². The number of hydrogen-bond acceptors (Lipinski definition) is 0. The van der Waals surface area contributed by atoms with Crippen molar-refractivity contribution in [1.29, 1.82) is 0 Å². The van der Waals surface area contributed by atoms with Gasteiger partial charge in [0.2, 0.25) is 0 Å². The molecule has 4 aromatic carbocycles. The van der Waals surface area contributed by atoms with Gasteiger partial charge in [0.1, 0.15) is 0 Å². The van der Waals surface area contributed by atoms with E-state index in [9.17, 15) is 0 Å². The van der Waals surface area contributed by atoms with E-state index in [0.717, 1.165) is 0 Å². The van der Waals surface area contributed by atoms with Crippen molar-refractivity contribution in [1.82, 2.24) is 4.57 Å². The second-order valence-electron chi connectivity index (χ2n) is 6.71. The van der Waals surface area contributed by atoms with Crippen molar-refractivity contribution in [2.75, 3.05) is 0 Å². The van der Waals surface area contributed by atoms with Gasteiger partial charge in [-0.15, -0.1) is 0 Å². The van der Waals surface area contributed by atoms with Gasteiger partial charge < -0.3 is 0 Å². The quantitative estimate of drug-likeness (QED) is 0.290. The van der Waals surface area contributed by atoms with Crippen LogP contribution in [-0.4, -0.2) is 19.1 Å². The van der Waals surface area contributed by atoms with Crippen molar-refractivity contribution in [3.05, 3.63) is 72.8 Å². The van der Waals surface area contributed by atoms with Gasteiger partial charge in [-0.1, -0.05) is 0 Å². The molecule has 2 aromatic heterocycles. The van der Waals surface area contributed by atoms with Crippen molar-refractivity contribution < 1.29 is 0 Å². The second-order valence-corrected chi connectivity index (χ2v) is 8.98. The van der Waals surface area contributed by atoms with Crippen LogP contribution >= 0.6 is 0 Å². The molecule has 0 N–H and O–H groups in total. The molecule has 0 radical (unpaired) electrons. The van der Waals surface area contributed by atoms with Crippen LogP contribution in [0.1, 0.15) is 0 Å². The standard InChI is InChI=1S/C23H15NSe/c1-24-19-9-5-4-8-16(19)17-10-11-20-22(23(17)24)18-12-14-6-2-3-7-15(14)13-21(18)25-20/h2-13H,1H3. The van der Waals surface area contributed by atoms with Gasteiger partial charge in [0.05, 0.1) is 0 Å². The average Bonchev–Trinajstić information content (AvgIpc) is 3.15. The summed E-state index contributed by atoms with van der Waals surface area (Å²) in [5, 5.41) is 8.30. The molecule has 0 aliphatic carbocycles. The molecular weight excluding hydrogens is 369 g/mol. The number of benzene rings is 4. The van der Waals surface area contributed by atoms with Crippen molar-refractivity contribution in [3.8, 4) is 0 Å². The van der Waals surface area contributed by atoms with Crippen molar-refractivity contribution in [3.63, 3.8) is 0 Å². The topological polar surface area (TPSA) is 4.93 Å². The fourth-order valence-corrected chi connectivity index (χ4v) is 6.60. The van der Waals surface area contributed by atoms with Gasteiger partial charge in [-0.2, -0.15) is 0 Å². The van der Waals surface area contributed by atoms with E-state index in [2.05, 4.69) is 84.4 Å². The normalized spacial score (nSPS) is 12.2. The summed E-state index contributed by atoms with van der Waals surface area (Å²) in [6.45, 7) is 0. The van der Waals surface area contributed by atoms with Crippen LogP contribution < -0.4 is 0 Å². The molecule has 0 fully saturated rings. The Labute approximate surface area is 150 Å². The number of hydrogen-bond donors (Lipinski definition) is 0. The number of aromatic nitrogens is 1. The maximum atomic E-state index is 2.40. The Hall–Kier alpha value is -2.54. The van der Waals surface area contributed by atoms with Crippen LogP contribution in [0.4, 0.5) is 0 Å². The third-order valence-electron chi connectivity index (χ3n) is 5.37. The summed E-state index contributed by atoms with van der Waals surface area (Å²) in [7, 11) is 2.21. The zero-order valence-electron chi connectivity index (χ0n) is 13.8. The van der Waals surface area contributed by atoms with Crippen LogP contribution in [0.2, 0.25) is 0 Å². The zero-order chi connectivity index (χ0) is 16.5. The molecule has 6 rings (SSSR count). The molecule has 0 saturated carbocycles. The van der Waals surface area contributed by atoms with E-state index in [0.29, 0.717) is 14.5 Å². The third-order valence-corrected chi connectivity index (χ3v) is 7.71. The van der Waals surface area contributed by atoms with Crippen molar-refractivity contribution in [2.24, 2.45) is 7.05 Å². The monoisotopic (exact) mass is 385 g/mol. The Bertz CT molecular complexity index is 1450. The number of para-hydroxylation sites is 1. The van der Waals surface area contributed by atoms with Crippen LogP contribution in [0.15, 0.2) is 72.8 Å². The maximum absolute atomic E-state index is 2.40. The SMILES string of the molecule is Cn1c2ccccc2c2ccc3[se]c4cc5ccccc5cc4c3c21. The van der Waals surface area contributed by atoms with E-state index in [1.54, 1.807) is 0 Å². The van der Waals surface area contributed by atoms with Gasteiger partial charge in [-0.25, -0.2) is 0 Å². The third kappa shape index (κ3) is 1.73. The molecule has 0 amide bonds. The number of nitrogens with zero attached hydrogens (tertiary/aromatic N) is 1. The Morgan fingerprint density at radius 2 is 1.44 bits per heavy atom. The first kappa shape index (κ1) is 13.7. The summed E-state index contributed by atoms with van der Waals surface area (Å²) < 4.78 is 5.40. The molecule has 118 valence electrons. The van der Waals surface area contributed by atoms with Crippen LogP contribution in [0.25, 0.3) is 51.9 Å². The molecule has 0 saturated heterocycles. The molecule has 0 spiro atoms. The molecule has 6 aromatic rings.